The van der Waals surface area contributed by atoms with Gasteiger partial charge in [0, 0.05) is 11.8 Å². The highest BCUT2D eigenvalue weighted by Crippen LogP contribution is 2.38. The molecular formula is C18H15N3O2. The molecule has 1 unspecified atom stereocenters. The van der Waals surface area contributed by atoms with Gasteiger partial charge in [0.15, 0.2) is 0 Å². The Morgan fingerprint density at radius 1 is 1.17 bits per heavy atom. The second kappa shape index (κ2) is 5.28. The van der Waals surface area contributed by atoms with E-state index >= 15 is 0 Å². The van der Waals surface area contributed by atoms with Crippen LogP contribution in [0.1, 0.15) is 11.6 Å². The van der Waals surface area contributed by atoms with Crippen molar-refractivity contribution in [1.29, 1.82) is 0 Å². The number of hydrogen-bond donors (Lipinski definition) is 1. The van der Waals surface area contributed by atoms with Gasteiger partial charge in [0.05, 0.1) is 24.5 Å². The highest BCUT2D eigenvalue weighted by atomic mass is 16.5. The number of rotatable bonds is 3. The third kappa shape index (κ3) is 2.17. The molecule has 1 aliphatic heterocycles. The first-order valence-electron chi connectivity index (χ1n) is 7.35. The van der Waals surface area contributed by atoms with Crippen LogP contribution in [-0.4, -0.2) is 23.0 Å². The molecule has 1 atom stereocenters. The van der Waals surface area contributed by atoms with E-state index in [0.717, 1.165) is 22.3 Å². The van der Waals surface area contributed by atoms with Crippen LogP contribution in [0.25, 0.3) is 11.0 Å². The zero-order chi connectivity index (χ0) is 15.8. The standard InChI is InChI=1S/C18H15N3O2/c1-23-16-10-17(22)21(18(16)12-5-3-2-4-6-12)13-7-8-14-15(9-13)20-11-19-14/h2-11,18H,1H3,(H,19,20). The first kappa shape index (κ1) is 13.6. The van der Waals surface area contributed by atoms with Gasteiger partial charge in [-0.25, -0.2) is 4.98 Å². The predicted molar refractivity (Wildman–Crippen MR) is 87.9 cm³/mol. The number of aromatic amines is 1. The van der Waals surface area contributed by atoms with Crippen LogP contribution >= 0.6 is 0 Å². The number of anilines is 1. The molecule has 5 heteroatoms. The van der Waals surface area contributed by atoms with E-state index in [1.165, 1.54) is 0 Å². The minimum atomic E-state index is -0.259. The van der Waals surface area contributed by atoms with E-state index in [4.69, 9.17) is 4.74 Å². The Balaban J connectivity index is 1.83. The normalized spacial score (nSPS) is 17.6. The summed E-state index contributed by atoms with van der Waals surface area (Å²) in [5.41, 5.74) is 3.57. The number of ether oxygens (including phenoxy) is 1. The summed E-state index contributed by atoms with van der Waals surface area (Å²) in [5, 5.41) is 0. The summed E-state index contributed by atoms with van der Waals surface area (Å²) in [7, 11) is 1.59. The Hall–Kier alpha value is -3.08. The third-order valence-electron chi connectivity index (χ3n) is 4.07. The highest BCUT2D eigenvalue weighted by Gasteiger charge is 2.36. The van der Waals surface area contributed by atoms with Gasteiger partial charge in [-0.05, 0) is 23.8 Å². The molecule has 0 bridgehead atoms. The summed E-state index contributed by atoms with van der Waals surface area (Å²) in [6, 6.07) is 15.4. The molecule has 0 radical (unpaired) electrons. The number of carbonyl (C=O) groups is 1. The second-order valence-corrected chi connectivity index (χ2v) is 5.38. The van der Waals surface area contributed by atoms with Gasteiger partial charge in [0.2, 0.25) is 0 Å². The minimum Gasteiger partial charge on any atom is -0.498 e. The molecule has 2 heterocycles. The van der Waals surface area contributed by atoms with Gasteiger partial charge in [-0.1, -0.05) is 30.3 Å². The van der Waals surface area contributed by atoms with Crippen LogP contribution in [0.15, 0.2) is 66.7 Å². The number of hydrogen-bond acceptors (Lipinski definition) is 3. The predicted octanol–water partition coefficient (Wildman–Crippen LogP) is 3.18. The zero-order valence-corrected chi connectivity index (χ0v) is 12.6. The Bertz CT molecular complexity index is 899. The van der Waals surface area contributed by atoms with Crippen LogP contribution in [0.3, 0.4) is 0 Å². The van der Waals surface area contributed by atoms with Gasteiger partial charge in [-0.15, -0.1) is 0 Å². The van der Waals surface area contributed by atoms with Crippen molar-refractivity contribution >= 4 is 22.6 Å². The summed E-state index contributed by atoms with van der Waals surface area (Å²) in [6.07, 6.45) is 3.19. The monoisotopic (exact) mass is 305 g/mol. The lowest BCUT2D eigenvalue weighted by Gasteiger charge is -2.27. The first-order chi connectivity index (χ1) is 11.3. The number of nitrogens with zero attached hydrogens (tertiary/aromatic N) is 2. The third-order valence-corrected chi connectivity index (χ3v) is 4.07. The van der Waals surface area contributed by atoms with Crippen molar-refractivity contribution in [3.8, 4) is 0 Å². The Morgan fingerprint density at radius 3 is 2.78 bits per heavy atom. The molecule has 0 saturated heterocycles. The van der Waals surface area contributed by atoms with Gasteiger partial charge < -0.3 is 9.72 Å². The topological polar surface area (TPSA) is 58.2 Å². The largest absolute Gasteiger partial charge is 0.498 e. The van der Waals surface area contributed by atoms with Crippen molar-refractivity contribution in [2.45, 2.75) is 6.04 Å². The molecule has 2 aromatic carbocycles. The van der Waals surface area contributed by atoms with Crippen molar-refractivity contribution in [3.05, 3.63) is 72.3 Å². The van der Waals surface area contributed by atoms with Crippen molar-refractivity contribution in [3.63, 3.8) is 0 Å². The molecule has 1 aromatic heterocycles. The molecule has 0 fully saturated rings. The lowest BCUT2D eigenvalue weighted by atomic mass is 10.0. The van der Waals surface area contributed by atoms with Crippen LogP contribution in [0.4, 0.5) is 5.69 Å². The number of benzene rings is 2. The molecule has 4 rings (SSSR count). The molecule has 114 valence electrons. The SMILES string of the molecule is COC1=CC(=O)N(c2ccc3[nH]cnc3c2)C1c1ccccc1. The average molecular weight is 305 g/mol. The van der Waals surface area contributed by atoms with E-state index in [0.29, 0.717) is 5.76 Å². The van der Waals surface area contributed by atoms with E-state index in [1.54, 1.807) is 24.4 Å². The number of fused-ring (bicyclic) bond motifs is 1. The van der Waals surface area contributed by atoms with Gasteiger partial charge in [-0.2, -0.15) is 0 Å². The fraction of sp³-hybridized carbons (Fsp3) is 0.111. The zero-order valence-electron chi connectivity index (χ0n) is 12.6. The number of H-pyrrole nitrogens is 1. The number of imidazole rings is 1. The summed E-state index contributed by atoms with van der Waals surface area (Å²) < 4.78 is 5.45. The van der Waals surface area contributed by atoms with Crippen LogP contribution in [0.2, 0.25) is 0 Å². The summed E-state index contributed by atoms with van der Waals surface area (Å²) >= 11 is 0. The highest BCUT2D eigenvalue weighted by molar-refractivity contribution is 6.06. The summed E-state index contributed by atoms with van der Waals surface area (Å²) in [5.74, 6) is 0.550. The van der Waals surface area contributed by atoms with Crippen LogP contribution in [0, 0.1) is 0 Å². The van der Waals surface area contributed by atoms with E-state index in [2.05, 4.69) is 9.97 Å². The molecule has 1 amide bonds. The van der Waals surface area contributed by atoms with Crippen molar-refractivity contribution in [1.82, 2.24) is 9.97 Å². The average Bonchev–Trinajstić information content (AvgIpc) is 3.18. The van der Waals surface area contributed by atoms with Gasteiger partial charge in [0.25, 0.3) is 5.91 Å². The smallest absolute Gasteiger partial charge is 0.255 e. The molecule has 0 saturated carbocycles. The molecule has 5 nitrogen and oxygen atoms in total. The lowest BCUT2D eigenvalue weighted by molar-refractivity contribution is -0.113. The van der Waals surface area contributed by atoms with Crippen LogP contribution in [0.5, 0.6) is 0 Å². The summed E-state index contributed by atoms with van der Waals surface area (Å²) in [4.78, 5) is 21.6. The van der Waals surface area contributed by atoms with Crippen molar-refractivity contribution in [2.24, 2.45) is 0 Å². The van der Waals surface area contributed by atoms with Gasteiger partial charge in [-0.3, -0.25) is 9.69 Å². The van der Waals surface area contributed by atoms with E-state index in [1.807, 2.05) is 48.5 Å². The number of carbonyl (C=O) groups excluding carboxylic acids is 1. The minimum absolute atomic E-state index is 0.0920. The molecule has 3 aromatic rings. The van der Waals surface area contributed by atoms with Crippen molar-refractivity contribution < 1.29 is 9.53 Å². The molecule has 0 spiro atoms. The number of amides is 1. The van der Waals surface area contributed by atoms with E-state index in [-0.39, 0.29) is 11.9 Å². The van der Waals surface area contributed by atoms with E-state index < -0.39 is 0 Å². The maximum absolute atomic E-state index is 12.5. The fourth-order valence-corrected chi connectivity index (χ4v) is 2.99. The fourth-order valence-electron chi connectivity index (χ4n) is 2.99. The second-order valence-electron chi connectivity index (χ2n) is 5.38. The Labute approximate surface area is 133 Å². The first-order valence-corrected chi connectivity index (χ1v) is 7.35. The number of aromatic nitrogens is 2. The molecule has 0 aliphatic carbocycles. The van der Waals surface area contributed by atoms with Crippen LogP contribution in [-0.2, 0) is 9.53 Å². The van der Waals surface area contributed by atoms with E-state index in [9.17, 15) is 4.79 Å². The quantitative estimate of drug-likeness (QED) is 0.808. The molecule has 23 heavy (non-hydrogen) atoms. The molecular weight excluding hydrogens is 290 g/mol. The molecule has 1 aliphatic rings. The lowest BCUT2D eigenvalue weighted by Crippen LogP contribution is -2.29. The number of methoxy groups -OCH3 is 1. The number of nitrogens with one attached hydrogen (secondary N) is 1. The Kier molecular flexibility index (Phi) is 3.12. The van der Waals surface area contributed by atoms with Crippen LogP contribution < -0.4 is 4.90 Å². The van der Waals surface area contributed by atoms with Crippen molar-refractivity contribution in [2.75, 3.05) is 12.0 Å². The Morgan fingerprint density at radius 2 is 2.00 bits per heavy atom. The van der Waals surface area contributed by atoms with Gasteiger partial charge >= 0.3 is 0 Å². The summed E-state index contributed by atoms with van der Waals surface area (Å²) in [6.45, 7) is 0. The van der Waals surface area contributed by atoms with Gasteiger partial charge in [0.1, 0.15) is 11.8 Å². The maximum atomic E-state index is 12.5. The maximum Gasteiger partial charge on any atom is 0.255 e. The molecule has 1 N–H and O–H groups in total.